The van der Waals surface area contributed by atoms with Crippen LogP contribution < -0.4 is 5.43 Å². The highest BCUT2D eigenvalue weighted by Crippen LogP contribution is 2.22. The highest BCUT2D eigenvalue weighted by Gasteiger charge is 2.15. The Labute approximate surface area is 179 Å². The van der Waals surface area contributed by atoms with E-state index in [9.17, 15) is 4.79 Å². The summed E-state index contributed by atoms with van der Waals surface area (Å²) >= 11 is 21.0. The molecule has 3 aromatic rings. The van der Waals surface area contributed by atoms with Crippen molar-refractivity contribution in [3.8, 4) is 0 Å². The lowest BCUT2D eigenvalue weighted by molar-refractivity contribution is 0.0948. The van der Waals surface area contributed by atoms with Crippen molar-refractivity contribution in [2.75, 3.05) is 0 Å². The van der Waals surface area contributed by atoms with Crippen LogP contribution >= 0.6 is 50.7 Å². The first-order valence-corrected chi connectivity index (χ1v) is 9.61. The smallest absolute Gasteiger partial charge is 0.266 e. The van der Waals surface area contributed by atoms with Crippen LogP contribution in [-0.4, -0.2) is 21.9 Å². The number of nitrogens with one attached hydrogen (secondary N) is 1. The maximum atomic E-state index is 12.3. The standard InChI is InChI=1S/C18H12BrCl3N4O/c19-14-10-26(9-11-1-4-13(20)5-2-11)25-17(14)18(27)24-23-8-12-3-6-15(21)16(22)7-12/h1-8,10H,9H2,(H,24,27)/b23-8-. The van der Waals surface area contributed by atoms with Crippen LogP contribution in [0.15, 0.2) is 58.2 Å². The first kappa shape index (κ1) is 19.9. The average Bonchev–Trinajstić information content (AvgIpc) is 3.00. The number of carbonyl (C=O) groups excluding carboxylic acids is 1. The van der Waals surface area contributed by atoms with E-state index in [1.165, 1.54) is 6.21 Å². The predicted octanol–water partition coefficient (Wildman–Crippen LogP) is 5.42. The number of nitrogens with zero attached hydrogens (tertiary/aromatic N) is 3. The molecule has 1 N–H and O–H groups in total. The third kappa shape index (κ3) is 5.32. The number of amides is 1. The summed E-state index contributed by atoms with van der Waals surface area (Å²) in [6.07, 6.45) is 3.20. The van der Waals surface area contributed by atoms with Crippen LogP contribution in [-0.2, 0) is 6.54 Å². The Hall–Kier alpha value is -1.86. The van der Waals surface area contributed by atoms with E-state index in [4.69, 9.17) is 34.8 Å². The second-order valence-corrected chi connectivity index (χ2v) is 7.63. The minimum Gasteiger partial charge on any atom is -0.266 e. The van der Waals surface area contributed by atoms with Gasteiger partial charge in [0.25, 0.3) is 5.91 Å². The molecule has 27 heavy (non-hydrogen) atoms. The summed E-state index contributed by atoms with van der Waals surface area (Å²) < 4.78 is 2.23. The predicted molar refractivity (Wildman–Crippen MR) is 112 cm³/mol. The Bertz CT molecular complexity index is 1000. The first-order chi connectivity index (χ1) is 12.9. The maximum Gasteiger partial charge on any atom is 0.293 e. The Morgan fingerprint density at radius 2 is 1.89 bits per heavy atom. The number of carbonyl (C=O) groups is 1. The van der Waals surface area contributed by atoms with E-state index in [-0.39, 0.29) is 5.69 Å². The van der Waals surface area contributed by atoms with Gasteiger partial charge in [0, 0.05) is 11.2 Å². The van der Waals surface area contributed by atoms with Gasteiger partial charge in [-0.05, 0) is 51.3 Å². The molecule has 0 radical (unpaired) electrons. The van der Waals surface area contributed by atoms with Gasteiger partial charge >= 0.3 is 0 Å². The third-order valence-corrected chi connectivity index (χ3v) is 5.08. The van der Waals surface area contributed by atoms with Gasteiger partial charge in [-0.3, -0.25) is 9.48 Å². The molecule has 5 nitrogen and oxygen atoms in total. The highest BCUT2D eigenvalue weighted by atomic mass is 79.9. The van der Waals surface area contributed by atoms with E-state index in [0.29, 0.717) is 31.6 Å². The zero-order valence-electron chi connectivity index (χ0n) is 13.7. The summed E-state index contributed by atoms with van der Waals surface area (Å²) in [5.74, 6) is -0.437. The van der Waals surface area contributed by atoms with Gasteiger partial charge in [0.05, 0.1) is 27.3 Å². The molecule has 0 aliphatic heterocycles. The molecule has 0 saturated carbocycles. The number of rotatable bonds is 5. The minimum atomic E-state index is -0.437. The van der Waals surface area contributed by atoms with Crippen molar-refractivity contribution in [3.63, 3.8) is 0 Å². The van der Waals surface area contributed by atoms with Crippen LogP contribution in [0.2, 0.25) is 15.1 Å². The molecule has 2 aromatic carbocycles. The molecule has 1 aromatic heterocycles. The minimum absolute atomic E-state index is 0.232. The van der Waals surface area contributed by atoms with Gasteiger partial charge in [0.1, 0.15) is 0 Å². The van der Waals surface area contributed by atoms with Crippen molar-refractivity contribution in [1.29, 1.82) is 0 Å². The molecule has 0 atom stereocenters. The molecule has 0 fully saturated rings. The number of hydrogen-bond donors (Lipinski definition) is 1. The summed E-state index contributed by atoms with van der Waals surface area (Å²) in [6.45, 7) is 0.510. The number of hydrogen-bond acceptors (Lipinski definition) is 3. The van der Waals surface area contributed by atoms with Gasteiger partial charge < -0.3 is 0 Å². The Kier molecular flexibility index (Phi) is 6.55. The third-order valence-electron chi connectivity index (χ3n) is 3.51. The molecule has 3 rings (SSSR count). The monoisotopic (exact) mass is 484 g/mol. The largest absolute Gasteiger partial charge is 0.293 e. The number of benzene rings is 2. The van der Waals surface area contributed by atoms with Gasteiger partial charge in [-0.25, -0.2) is 5.43 Å². The Balaban J connectivity index is 1.66. The van der Waals surface area contributed by atoms with Crippen LogP contribution in [0.25, 0.3) is 0 Å². The summed E-state index contributed by atoms with van der Waals surface area (Å²) in [6, 6.07) is 12.5. The summed E-state index contributed by atoms with van der Waals surface area (Å²) in [5, 5.41) is 9.74. The second kappa shape index (κ2) is 8.89. The quantitative estimate of drug-likeness (QED) is 0.387. The molecular weight excluding hydrogens is 474 g/mol. The lowest BCUT2D eigenvalue weighted by Crippen LogP contribution is -2.19. The molecule has 0 unspecified atom stereocenters. The zero-order valence-corrected chi connectivity index (χ0v) is 17.5. The molecule has 0 bridgehead atoms. The van der Waals surface area contributed by atoms with Gasteiger partial charge in [-0.15, -0.1) is 0 Å². The Morgan fingerprint density at radius 1 is 1.15 bits per heavy atom. The number of aromatic nitrogens is 2. The lowest BCUT2D eigenvalue weighted by Gasteiger charge is -2.02. The molecule has 0 saturated heterocycles. The summed E-state index contributed by atoms with van der Waals surface area (Å²) in [4.78, 5) is 12.3. The molecule has 1 amide bonds. The van der Waals surface area contributed by atoms with Crippen molar-refractivity contribution in [1.82, 2.24) is 15.2 Å². The highest BCUT2D eigenvalue weighted by molar-refractivity contribution is 9.10. The van der Waals surface area contributed by atoms with E-state index in [0.717, 1.165) is 5.56 Å². The molecule has 0 aliphatic carbocycles. The number of hydrazone groups is 1. The van der Waals surface area contributed by atoms with Crippen molar-refractivity contribution in [2.24, 2.45) is 5.10 Å². The van der Waals surface area contributed by atoms with Gasteiger partial charge in [0.2, 0.25) is 0 Å². The normalized spacial score (nSPS) is 11.1. The van der Waals surface area contributed by atoms with Crippen LogP contribution in [0.5, 0.6) is 0 Å². The van der Waals surface area contributed by atoms with Gasteiger partial charge in [-0.2, -0.15) is 10.2 Å². The van der Waals surface area contributed by atoms with Crippen LogP contribution in [0.4, 0.5) is 0 Å². The molecule has 0 aliphatic rings. The fourth-order valence-corrected chi connectivity index (χ4v) is 3.15. The van der Waals surface area contributed by atoms with Crippen molar-refractivity contribution < 1.29 is 4.79 Å². The van der Waals surface area contributed by atoms with Gasteiger partial charge in [-0.1, -0.05) is 53.0 Å². The fourth-order valence-electron chi connectivity index (χ4n) is 2.22. The van der Waals surface area contributed by atoms with Crippen molar-refractivity contribution in [3.05, 3.63) is 85.0 Å². The molecular formula is C18H12BrCl3N4O. The van der Waals surface area contributed by atoms with E-state index in [2.05, 4.69) is 31.6 Å². The second-order valence-electron chi connectivity index (χ2n) is 5.52. The SMILES string of the molecule is O=C(N/N=C\c1ccc(Cl)c(Cl)c1)c1nn(Cc2ccc(Cl)cc2)cc1Br. The molecule has 1 heterocycles. The Morgan fingerprint density at radius 3 is 2.59 bits per heavy atom. The van der Waals surface area contributed by atoms with Crippen LogP contribution in [0.1, 0.15) is 21.6 Å². The van der Waals surface area contributed by atoms with Gasteiger partial charge in [0.15, 0.2) is 5.69 Å². The summed E-state index contributed by atoms with van der Waals surface area (Å²) in [5.41, 5.74) is 4.39. The number of halogens is 4. The van der Waals surface area contributed by atoms with E-state index in [1.54, 1.807) is 41.2 Å². The lowest BCUT2D eigenvalue weighted by atomic mass is 10.2. The average molecular weight is 487 g/mol. The van der Waals surface area contributed by atoms with Crippen molar-refractivity contribution >= 4 is 62.9 Å². The zero-order chi connectivity index (χ0) is 19.4. The van der Waals surface area contributed by atoms with E-state index >= 15 is 0 Å². The van der Waals surface area contributed by atoms with E-state index in [1.807, 2.05) is 12.1 Å². The topological polar surface area (TPSA) is 59.3 Å². The van der Waals surface area contributed by atoms with Crippen LogP contribution in [0.3, 0.4) is 0 Å². The van der Waals surface area contributed by atoms with Crippen LogP contribution in [0, 0.1) is 0 Å². The summed E-state index contributed by atoms with van der Waals surface area (Å²) in [7, 11) is 0. The molecule has 0 spiro atoms. The first-order valence-electron chi connectivity index (χ1n) is 7.68. The molecule has 9 heteroatoms. The van der Waals surface area contributed by atoms with Crippen molar-refractivity contribution in [2.45, 2.75) is 6.54 Å². The van der Waals surface area contributed by atoms with E-state index < -0.39 is 5.91 Å². The fraction of sp³-hybridized carbons (Fsp3) is 0.0556. The molecule has 138 valence electrons. The maximum absolute atomic E-state index is 12.3.